The van der Waals surface area contributed by atoms with E-state index in [4.69, 9.17) is 37.4 Å². The molecule has 1 N–H and O–H groups in total. The van der Waals surface area contributed by atoms with E-state index in [1.165, 1.54) is 11.8 Å². The number of benzene rings is 3. The van der Waals surface area contributed by atoms with Gasteiger partial charge < -0.3 is 19.5 Å². The van der Waals surface area contributed by atoms with Gasteiger partial charge in [-0.05, 0) is 91.3 Å². The molecule has 1 fully saturated rings. The molecular weight excluding hydrogens is 519 g/mol. The number of carbonyl (C=O) groups is 1. The number of amides is 1. The van der Waals surface area contributed by atoms with Crippen LogP contribution >= 0.6 is 35.0 Å². The normalized spacial score (nSPS) is 15.3. The van der Waals surface area contributed by atoms with Gasteiger partial charge in [0, 0.05) is 0 Å². The zero-order chi connectivity index (χ0) is 25.5. The molecule has 186 valence electrons. The Morgan fingerprint density at radius 1 is 0.889 bits per heavy atom. The smallest absolute Gasteiger partial charge is 0.264 e. The Morgan fingerprint density at radius 3 is 2.39 bits per heavy atom. The van der Waals surface area contributed by atoms with Crippen LogP contribution in [-0.2, 0) is 11.4 Å². The molecule has 0 spiro atoms. The summed E-state index contributed by atoms with van der Waals surface area (Å²) in [6, 6.07) is 18.3. The minimum absolute atomic E-state index is 0.206. The fourth-order valence-electron chi connectivity index (χ4n) is 3.33. The van der Waals surface area contributed by atoms with Gasteiger partial charge in [0.15, 0.2) is 16.7 Å². The lowest BCUT2D eigenvalue weighted by Gasteiger charge is -2.13. The highest BCUT2D eigenvalue weighted by Gasteiger charge is 2.24. The second-order valence-corrected chi connectivity index (χ2v) is 9.43. The summed E-state index contributed by atoms with van der Waals surface area (Å²) in [5.41, 5.74) is 2.42. The fourth-order valence-corrected chi connectivity index (χ4v) is 4.49. The quantitative estimate of drug-likeness (QED) is 0.288. The van der Waals surface area contributed by atoms with E-state index in [2.05, 4.69) is 10.3 Å². The number of ether oxygens (including phenoxy) is 3. The summed E-state index contributed by atoms with van der Waals surface area (Å²) >= 11 is 13.4. The molecule has 0 aromatic heterocycles. The predicted molar refractivity (Wildman–Crippen MR) is 147 cm³/mol. The maximum Gasteiger partial charge on any atom is 0.264 e. The van der Waals surface area contributed by atoms with Crippen molar-refractivity contribution in [1.29, 1.82) is 0 Å². The van der Waals surface area contributed by atoms with Crippen molar-refractivity contribution in [3.05, 3.63) is 86.7 Å². The first-order valence-corrected chi connectivity index (χ1v) is 12.9. The van der Waals surface area contributed by atoms with Gasteiger partial charge in [-0.25, -0.2) is 4.99 Å². The Kier molecular flexibility index (Phi) is 8.80. The Balaban J connectivity index is 1.47. The molecule has 0 radical (unpaired) electrons. The number of hydrogen-bond donors (Lipinski definition) is 1. The van der Waals surface area contributed by atoms with Gasteiger partial charge in [-0.2, -0.15) is 0 Å². The van der Waals surface area contributed by atoms with Crippen LogP contribution in [-0.4, -0.2) is 24.3 Å². The van der Waals surface area contributed by atoms with Gasteiger partial charge in [-0.15, -0.1) is 0 Å². The number of nitrogens with one attached hydrogen (secondary N) is 1. The molecule has 3 aromatic carbocycles. The highest BCUT2D eigenvalue weighted by Crippen LogP contribution is 2.33. The topological polar surface area (TPSA) is 69.2 Å². The first-order valence-electron chi connectivity index (χ1n) is 11.3. The van der Waals surface area contributed by atoms with Crippen molar-refractivity contribution in [3.63, 3.8) is 0 Å². The lowest BCUT2D eigenvalue weighted by atomic mass is 10.2. The van der Waals surface area contributed by atoms with Gasteiger partial charge in [0.25, 0.3) is 5.91 Å². The molecule has 1 aliphatic heterocycles. The number of rotatable bonds is 9. The summed E-state index contributed by atoms with van der Waals surface area (Å²) in [4.78, 5) is 17.6. The van der Waals surface area contributed by atoms with E-state index >= 15 is 0 Å². The first-order chi connectivity index (χ1) is 17.4. The lowest BCUT2D eigenvalue weighted by Crippen LogP contribution is -2.19. The Hall–Kier alpha value is -3.13. The van der Waals surface area contributed by atoms with Crippen molar-refractivity contribution < 1.29 is 19.0 Å². The van der Waals surface area contributed by atoms with E-state index in [0.717, 1.165) is 22.6 Å². The van der Waals surface area contributed by atoms with E-state index in [1.807, 2.05) is 62.4 Å². The lowest BCUT2D eigenvalue weighted by molar-refractivity contribution is -0.115. The molecule has 1 heterocycles. The molecule has 6 nitrogen and oxygen atoms in total. The average Bonchev–Trinajstić information content (AvgIpc) is 3.20. The number of halogens is 2. The Labute approximate surface area is 224 Å². The molecule has 0 unspecified atom stereocenters. The molecular formula is C27H24Cl2N2O4S. The molecule has 4 rings (SSSR count). The summed E-state index contributed by atoms with van der Waals surface area (Å²) in [5.74, 6) is 1.74. The van der Waals surface area contributed by atoms with E-state index in [9.17, 15) is 4.79 Å². The molecule has 1 amide bonds. The van der Waals surface area contributed by atoms with Crippen molar-refractivity contribution in [2.24, 2.45) is 4.99 Å². The zero-order valence-corrected chi connectivity index (χ0v) is 22.0. The van der Waals surface area contributed by atoms with Crippen molar-refractivity contribution in [1.82, 2.24) is 5.32 Å². The van der Waals surface area contributed by atoms with Gasteiger partial charge in [-0.3, -0.25) is 4.79 Å². The standard InChI is InChI=1S/C27H24Cl2N2O4S/c1-3-33-20-9-7-19(8-10-20)30-27-31-26(32)25(36-27)15-17-6-12-23(24(14-17)34-4-2)35-16-18-5-11-21(28)22(29)13-18/h5-15H,3-4,16H2,1-2H3,(H,30,31,32)/b25-15+. The first kappa shape index (κ1) is 25.9. The molecule has 36 heavy (non-hydrogen) atoms. The Morgan fingerprint density at radius 2 is 1.67 bits per heavy atom. The molecule has 0 bridgehead atoms. The van der Waals surface area contributed by atoms with Crippen LogP contribution in [0, 0.1) is 0 Å². The molecule has 0 saturated carbocycles. The van der Waals surface area contributed by atoms with Crippen LogP contribution in [0.5, 0.6) is 17.2 Å². The number of aliphatic imine (C=N–C) groups is 1. The third-order valence-corrected chi connectivity index (χ3v) is 6.62. The second kappa shape index (κ2) is 12.2. The third kappa shape index (κ3) is 6.75. The molecule has 0 aliphatic carbocycles. The zero-order valence-electron chi connectivity index (χ0n) is 19.7. The summed E-state index contributed by atoms with van der Waals surface area (Å²) in [6.07, 6.45) is 1.80. The SMILES string of the molecule is CCOc1ccc(N=C2NC(=O)/C(=C\c3ccc(OCc4ccc(Cl)c(Cl)c4)c(OCC)c3)S2)cc1. The third-order valence-electron chi connectivity index (χ3n) is 4.97. The Bertz CT molecular complexity index is 1310. The van der Waals surface area contributed by atoms with Crippen molar-refractivity contribution >= 4 is 57.8 Å². The number of carbonyl (C=O) groups excluding carboxylic acids is 1. The maximum atomic E-state index is 12.5. The maximum absolute atomic E-state index is 12.5. The summed E-state index contributed by atoms with van der Waals surface area (Å²) < 4.78 is 17.2. The predicted octanol–water partition coefficient (Wildman–Crippen LogP) is 7.26. The molecule has 9 heteroatoms. The van der Waals surface area contributed by atoms with Gasteiger partial charge in [-0.1, -0.05) is 35.3 Å². The molecule has 1 aliphatic rings. The van der Waals surface area contributed by atoms with E-state index in [-0.39, 0.29) is 5.91 Å². The number of amidine groups is 1. The second-order valence-electron chi connectivity index (χ2n) is 7.58. The van der Waals surface area contributed by atoms with Gasteiger partial charge in [0.2, 0.25) is 0 Å². The van der Waals surface area contributed by atoms with Crippen LogP contribution in [0.3, 0.4) is 0 Å². The van der Waals surface area contributed by atoms with Crippen molar-refractivity contribution in [2.75, 3.05) is 13.2 Å². The summed E-state index contributed by atoms with van der Waals surface area (Å²) in [5, 5.41) is 4.29. The van der Waals surface area contributed by atoms with Gasteiger partial charge in [0.05, 0.1) is 33.9 Å². The van der Waals surface area contributed by atoms with Crippen LogP contribution in [0.15, 0.2) is 70.6 Å². The number of nitrogens with zero attached hydrogens (tertiary/aromatic N) is 1. The highest BCUT2D eigenvalue weighted by atomic mass is 35.5. The summed E-state index contributed by atoms with van der Waals surface area (Å²) in [6.45, 7) is 5.21. The average molecular weight is 543 g/mol. The minimum Gasteiger partial charge on any atom is -0.494 e. The molecule has 0 atom stereocenters. The molecule has 1 saturated heterocycles. The van der Waals surface area contributed by atoms with Crippen molar-refractivity contribution in [3.8, 4) is 17.2 Å². The van der Waals surface area contributed by atoms with Crippen LogP contribution < -0.4 is 19.5 Å². The summed E-state index contributed by atoms with van der Waals surface area (Å²) in [7, 11) is 0. The van der Waals surface area contributed by atoms with Gasteiger partial charge in [0.1, 0.15) is 12.4 Å². The number of thioether (sulfide) groups is 1. The van der Waals surface area contributed by atoms with Crippen molar-refractivity contribution in [2.45, 2.75) is 20.5 Å². The minimum atomic E-state index is -0.206. The monoisotopic (exact) mass is 542 g/mol. The molecule has 3 aromatic rings. The van der Waals surface area contributed by atoms with Crippen LogP contribution in [0.1, 0.15) is 25.0 Å². The van der Waals surface area contributed by atoms with Gasteiger partial charge >= 0.3 is 0 Å². The van der Waals surface area contributed by atoms with E-state index in [1.54, 1.807) is 18.2 Å². The van der Waals surface area contributed by atoms with E-state index < -0.39 is 0 Å². The van der Waals surface area contributed by atoms with E-state index in [0.29, 0.717) is 51.4 Å². The fraction of sp³-hybridized carbons (Fsp3) is 0.185. The van der Waals surface area contributed by atoms with Crippen LogP contribution in [0.2, 0.25) is 10.0 Å². The van der Waals surface area contributed by atoms with Crippen LogP contribution in [0.25, 0.3) is 6.08 Å². The van der Waals surface area contributed by atoms with Crippen LogP contribution in [0.4, 0.5) is 5.69 Å². The number of hydrogen-bond acceptors (Lipinski definition) is 6. The largest absolute Gasteiger partial charge is 0.494 e. The highest BCUT2D eigenvalue weighted by molar-refractivity contribution is 8.18.